The molecular weight excluding hydrogens is 218 g/mol. The van der Waals surface area contributed by atoms with Gasteiger partial charge in [-0.25, -0.2) is 0 Å². The monoisotopic (exact) mass is 231 g/mol. The second-order valence-electron chi connectivity index (χ2n) is 2.69. The van der Waals surface area contributed by atoms with Crippen LogP contribution in [-0.2, 0) is 0 Å². The predicted octanol–water partition coefficient (Wildman–Crippen LogP) is 1.27. The summed E-state index contributed by atoms with van der Waals surface area (Å²) in [4.78, 5) is 11.4. The number of benzene rings is 1. The number of carbonyl (C=O) groups excluding carboxylic acids is 1. The maximum atomic E-state index is 11.4. The molecule has 84 valence electrons. The minimum absolute atomic E-state index is 0. The van der Waals surface area contributed by atoms with E-state index >= 15 is 0 Å². The SMILES string of the molecule is COc1ccc(OC)c(C(=O)CN)c1.Cl. The van der Waals surface area contributed by atoms with Gasteiger partial charge in [0.15, 0.2) is 5.78 Å². The lowest BCUT2D eigenvalue weighted by atomic mass is 10.1. The van der Waals surface area contributed by atoms with Gasteiger partial charge in [-0.2, -0.15) is 0 Å². The summed E-state index contributed by atoms with van der Waals surface area (Å²) in [6, 6.07) is 5.03. The first-order valence-electron chi connectivity index (χ1n) is 4.18. The lowest BCUT2D eigenvalue weighted by Crippen LogP contribution is -2.14. The summed E-state index contributed by atoms with van der Waals surface area (Å²) >= 11 is 0. The van der Waals surface area contributed by atoms with Crippen molar-refractivity contribution in [3.63, 3.8) is 0 Å². The molecule has 0 unspecified atom stereocenters. The van der Waals surface area contributed by atoms with Crippen molar-refractivity contribution in [3.8, 4) is 11.5 Å². The third kappa shape index (κ3) is 3.11. The lowest BCUT2D eigenvalue weighted by Gasteiger charge is -2.08. The zero-order valence-electron chi connectivity index (χ0n) is 8.65. The number of methoxy groups -OCH3 is 2. The summed E-state index contributed by atoms with van der Waals surface area (Å²) in [5, 5.41) is 0. The minimum atomic E-state index is -0.166. The van der Waals surface area contributed by atoms with Crippen molar-refractivity contribution in [1.29, 1.82) is 0 Å². The highest BCUT2D eigenvalue weighted by atomic mass is 35.5. The Kier molecular flexibility index (Phi) is 5.74. The van der Waals surface area contributed by atoms with Gasteiger partial charge in [-0.15, -0.1) is 12.4 Å². The first kappa shape index (κ1) is 13.7. The molecule has 0 heterocycles. The largest absolute Gasteiger partial charge is 0.497 e. The van der Waals surface area contributed by atoms with E-state index in [-0.39, 0.29) is 24.7 Å². The van der Waals surface area contributed by atoms with Gasteiger partial charge in [0.25, 0.3) is 0 Å². The standard InChI is InChI=1S/C10H13NO3.ClH/c1-13-7-3-4-10(14-2)8(5-7)9(12)6-11;/h3-5H,6,11H2,1-2H3;1H. The van der Waals surface area contributed by atoms with Gasteiger partial charge in [0.05, 0.1) is 26.3 Å². The fraction of sp³-hybridized carbons (Fsp3) is 0.300. The number of halogens is 1. The molecule has 2 N–H and O–H groups in total. The summed E-state index contributed by atoms with van der Waals surface area (Å²) in [6.45, 7) is -0.0382. The van der Waals surface area contributed by atoms with Crippen molar-refractivity contribution in [1.82, 2.24) is 0 Å². The molecule has 0 saturated heterocycles. The highest BCUT2D eigenvalue weighted by molar-refractivity contribution is 6.00. The summed E-state index contributed by atoms with van der Waals surface area (Å²) in [5.74, 6) is 0.963. The van der Waals surface area contributed by atoms with Crippen molar-refractivity contribution in [2.75, 3.05) is 20.8 Å². The molecule has 0 bridgehead atoms. The van der Waals surface area contributed by atoms with Crippen molar-refractivity contribution >= 4 is 18.2 Å². The highest BCUT2D eigenvalue weighted by Gasteiger charge is 2.11. The molecule has 1 rings (SSSR count). The van der Waals surface area contributed by atoms with Gasteiger partial charge in [0, 0.05) is 0 Å². The van der Waals surface area contributed by atoms with Gasteiger partial charge in [-0.3, -0.25) is 4.79 Å². The van der Waals surface area contributed by atoms with Crippen molar-refractivity contribution in [3.05, 3.63) is 23.8 Å². The van der Waals surface area contributed by atoms with Crippen LogP contribution in [0.2, 0.25) is 0 Å². The maximum absolute atomic E-state index is 11.4. The van der Waals surface area contributed by atoms with E-state index in [1.165, 1.54) is 7.11 Å². The molecule has 1 aromatic rings. The number of hydrogen-bond acceptors (Lipinski definition) is 4. The molecule has 1 aromatic carbocycles. The third-order valence-electron chi connectivity index (χ3n) is 1.89. The van der Waals surface area contributed by atoms with E-state index in [1.54, 1.807) is 25.3 Å². The van der Waals surface area contributed by atoms with Crippen molar-refractivity contribution in [2.45, 2.75) is 0 Å². The number of nitrogens with two attached hydrogens (primary N) is 1. The lowest BCUT2D eigenvalue weighted by molar-refractivity contribution is 0.0998. The molecule has 0 saturated carbocycles. The summed E-state index contributed by atoms with van der Waals surface area (Å²) in [6.07, 6.45) is 0. The van der Waals surface area contributed by atoms with E-state index in [9.17, 15) is 4.79 Å². The summed E-state index contributed by atoms with van der Waals surface area (Å²) < 4.78 is 10.0. The molecule has 15 heavy (non-hydrogen) atoms. The topological polar surface area (TPSA) is 61.5 Å². The zero-order valence-corrected chi connectivity index (χ0v) is 9.47. The molecule has 0 fully saturated rings. The smallest absolute Gasteiger partial charge is 0.180 e. The number of ketones is 1. The summed E-state index contributed by atoms with van der Waals surface area (Å²) in [5.41, 5.74) is 5.73. The Hall–Kier alpha value is -1.26. The molecule has 0 aliphatic carbocycles. The van der Waals surface area contributed by atoms with Crippen molar-refractivity contribution in [2.24, 2.45) is 5.73 Å². The molecular formula is C10H14ClNO3. The molecule has 4 nitrogen and oxygen atoms in total. The minimum Gasteiger partial charge on any atom is -0.497 e. The fourth-order valence-corrected chi connectivity index (χ4v) is 1.14. The van der Waals surface area contributed by atoms with Crippen LogP contribution in [0.15, 0.2) is 18.2 Å². The van der Waals surface area contributed by atoms with Crippen LogP contribution < -0.4 is 15.2 Å². The Bertz CT molecular complexity index is 341. The quantitative estimate of drug-likeness (QED) is 0.793. The van der Waals surface area contributed by atoms with E-state index in [4.69, 9.17) is 15.2 Å². The highest BCUT2D eigenvalue weighted by Crippen LogP contribution is 2.23. The van der Waals surface area contributed by atoms with Crippen LogP contribution in [0.25, 0.3) is 0 Å². The molecule has 0 atom stereocenters. The van der Waals surface area contributed by atoms with Gasteiger partial charge in [0.2, 0.25) is 0 Å². The first-order valence-corrected chi connectivity index (χ1v) is 4.18. The Labute approximate surface area is 94.8 Å². The van der Waals surface area contributed by atoms with E-state index in [0.717, 1.165) is 0 Å². The Morgan fingerprint density at radius 3 is 2.47 bits per heavy atom. The zero-order chi connectivity index (χ0) is 10.6. The van der Waals surface area contributed by atoms with Gasteiger partial charge in [0.1, 0.15) is 11.5 Å². The average molecular weight is 232 g/mol. The van der Waals surface area contributed by atoms with E-state index in [2.05, 4.69) is 0 Å². The molecule has 0 aromatic heterocycles. The number of hydrogen-bond donors (Lipinski definition) is 1. The van der Waals surface area contributed by atoms with E-state index < -0.39 is 0 Å². The Morgan fingerprint density at radius 1 is 1.33 bits per heavy atom. The number of carbonyl (C=O) groups is 1. The molecule has 0 aliphatic rings. The Morgan fingerprint density at radius 2 is 2.00 bits per heavy atom. The average Bonchev–Trinajstić information content (AvgIpc) is 2.27. The normalized spacial score (nSPS) is 9.00. The van der Waals surface area contributed by atoms with Crippen LogP contribution in [-0.4, -0.2) is 26.5 Å². The van der Waals surface area contributed by atoms with E-state index in [1.807, 2.05) is 0 Å². The first-order chi connectivity index (χ1) is 6.72. The van der Waals surface area contributed by atoms with Gasteiger partial charge >= 0.3 is 0 Å². The fourth-order valence-electron chi connectivity index (χ4n) is 1.14. The summed E-state index contributed by atoms with van der Waals surface area (Å²) in [7, 11) is 3.05. The molecule has 0 radical (unpaired) electrons. The van der Waals surface area contributed by atoms with Crippen LogP contribution in [0.4, 0.5) is 0 Å². The Balaban J connectivity index is 0.00000196. The maximum Gasteiger partial charge on any atom is 0.180 e. The van der Waals surface area contributed by atoms with Crippen LogP contribution in [0.1, 0.15) is 10.4 Å². The second-order valence-corrected chi connectivity index (χ2v) is 2.69. The predicted molar refractivity (Wildman–Crippen MR) is 60.2 cm³/mol. The number of rotatable bonds is 4. The second kappa shape index (κ2) is 6.27. The molecule has 5 heteroatoms. The number of ether oxygens (including phenoxy) is 2. The van der Waals surface area contributed by atoms with Gasteiger partial charge in [-0.1, -0.05) is 0 Å². The van der Waals surface area contributed by atoms with Gasteiger partial charge in [-0.05, 0) is 18.2 Å². The third-order valence-corrected chi connectivity index (χ3v) is 1.89. The van der Waals surface area contributed by atoms with Crippen LogP contribution in [0.5, 0.6) is 11.5 Å². The van der Waals surface area contributed by atoms with Crippen molar-refractivity contribution < 1.29 is 14.3 Å². The van der Waals surface area contributed by atoms with E-state index in [0.29, 0.717) is 17.1 Å². The van der Waals surface area contributed by atoms with Crippen LogP contribution in [0, 0.1) is 0 Å². The molecule has 0 amide bonds. The van der Waals surface area contributed by atoms with Crippen LogP contribution >= 0.6 is 12.4 Å². The molecule has 0 aliphatic heterocycles. The number of Topliss-reactive ketones (excluding diaryl/α,β-unsaturated/α-hetero) is 1. The van der Waals surface area contributed by atoms with Gasteiger partial charge < -0.3 is 15.2 Å². The molecule has 0 spiro atoms. The van der Waals surface area contributed by atoms with Crippen LogP contribution in [0.3, 0.4) is 0 Å².